The van der Waals surface area contributed by atoms with E-state index in [1.165, 1.54) is 17.6 Å². The largest absolute Gasteiger partial charge is 0.379 e. The number of ether oxygens (including phenoxy) is 1. The van der Waals surface area contributed by atoms with Gasteiger partial charge in [-0.3, -0.25) is 14.6 Å². The highest BCUT2D eigenvalue weighted by Gasteiger charge is 2.24. The molecule has 1 aliphatic rings. The molecule has 1 saturated heterocycles. The maximum absolute atomic E-state index is 13.6. The molecule has 33 heavy (non-hydrogen) atoms. The molecule has 0 bridgehead atoms. The Hall–Kier alpha value is -2.04. The first-order valence-corrected chi connectivity index (χ1v) is 13.2. The zero-order valence-corrected chi connectivity index (χ0v) is 21.4. The van der Waals surface area contributed by atoms with Gasteiger partial charge in [-0.15, -0.1) is 12.4 Å². The second kappa shape index (κ2) is 10.5. The molecular weight excluding hydrogens is 482 g/mol. The van der Waals surface area contributed by atoms with Gasteiger partial charge in [0, 0.05) is 38.0 Å². The topological polar surface area (TPSA) is 79.8 Å². The third-order valence-corrected chi connectivity index (χ3v) is 7.76. The number of aryl methyl sites for hydroxylation is 2. The van der Waals surface area contributed by atoms with Crippen LogP contribution in [0.3, 0.4) is 0 Å². The van der Waals surface area contributed by atoms with Gasteiger partial charge < -0.3 is 4.74 Å². The number of hydrogen-bond donors (Lipinski definition) is 0. The van der Waals surface area contributed by atoms with Crippen LogP contribution in [0.25, 0.3) is 10.2 Å². The Morgan fingerprint density at radius 3 is 2.55 bits per heavy atom. The molecule has 3 aromatic rings. The van der Waals surface area contributed by atoms with Crippen LogP contribution in [0, 0.1) is 13.8 Å². The van der Waals surface area contributed by atoms with Gasteiger partial charge in [0.25, 0.3) is 5.91 Å². The fourth-order valence-electron chi connectivity index (χ4n) is 3.79. The summed E-state index contributed by atoms with van der Waals surface area (Å²) in [4.78, 5) is 22.5. The molecule has 4 rings (SSSR count). The summed E-state index contributed by atoms with van der Waals surface area (Å²) >= 11 is 1.34. The fourth-order valence-corrected chi connectivity index (χ4v) is 5.54. The number of hydrogen-bond acceptors (Lipinski definition) is 7. The third-order valence-electron chi connectivity index (χ3n) is 5.61. The standard InChI is InChI=1S/C23H27N3O4S2.ClH/c1-16-4-6-19(17(2)14-16)22(27)26(9-8-25-10-12-30-13-11-25)23-24-20-7-5-18(32(3,28)29)15-21(20)31-23;/h4-7,14-15H,8-13H2,1-3H3;1H. The highest BCUT2D eigenvalue weighted by Crippen LogP contribution is 2.32. The van der Waals surface area contributed by atoms with Gasteiger partial charge in [0.05, 0.1) is 28.3 Å². The van der Waals surface area contributed by atoms with Crippen LogP contribution in [0.1, 0.15) is 21.5 Å². The highest BCUT2D eigenvalue weighted by molar-refractivity contribution is 7.90. The van der Waals surface area contributed by atoms with Crippen molar-refractivity contribution in [2.75, 3.05) is 50.5 Å². The number of halogens is 1. The van der Waals surface area contributed by atoms with Crippen LogP contribution < -0.4 is 4.90 Å². The van der Waals surface area contributed by atoms with E-state index in [0.717, 1.165) is 28.9 Å². The van der Waals surface area contributed by atoms with Gasteiger partial charge in [0.15, 0.2) is 15.0 Å². The number of anilines is 1. The molecule has 1 amide bonds. The first kappa shape index (κ1) is 25.6. The van der Waals surface area contributed by atoms with Crippen LogP contribution >= 0.6 is 23.7 Å². The van der Waals surface area contributed by atoms with E-state index >= 15 is 0 Å². The smallest absolute Gasteiger partial charge is 0.260 e. The minimum atomic E-state index is -3.32. The lowest BCUT2D eigenvalue weighted by Gasteiger charge is -2.29. The number of carbonyl (C=O) groups is 1. The van der Waals surface area contributed by atoms with Gasteiger partial charge in [0.1, 0.15) is 0 Å². The Labute approximate surface area is 204 Å². The van der Waals surface area contributed by atoms with Crippen LogP contribution in [0.2, 0.25) is 0 Å². The minimum absolute atomic E-state index is 0. The molecule has 2 aromatic carbocycles. The predicted octanol–water partition coefficient (Wildman–Crippen LogP) is 3.72. The van der Waals surface area contributed by atoms with Crippen molar-refractivity contribution in [2.24, 2.45) is 0 Å². The number of amides is 1. The number of carbonyl (C=O) groups excluding carboxylic acids is 1. The lowest BCUT2D eigenvalue weighted by atomic mass is 10.0. The van der Waals surface area contributed by atoms with Crippen molar-refractivity contribution in [1.82, 2.24) is 9.88 Å². The Morgan fingerprint density at radius 1 is 1.15 bits per heavy atom. The predicted molar refractivity (Wildman–Crippen MR) is 135 cm³/mol. The number of nitrogens with zero attached hydrogens (tertiary/aromatic N) is 3. The number of benzene rings is 2. The molecule has 0 unspecified atom stereocenters. The number of sulfone groups is 1. The van der Waals surface area contributed by atoms with Gasteiger partial charge in [-0.1, -0.05) is 29.0 Å². The molecule has 1 fully saturated rings. The molecule has 178 valence electrons. The van der Waals surface area contributed by atoms with Gasteiger partial charge in [-0.05, 0) is 43.7 Å². The molecule has 1 aromatic heterocycles. The van der Waals surface area contributed by atoms with Crippen molar-refractivity contribution in [3.8, 4) is 0 Å². The van der Waals surface area contributed by atoms with Gasteiger partial charge in [-0.2, -0.15) is 0 Å². The highest BCUT2D eigenvalue weighted by atomic mass is 35.5. The third kappa shape index (κ3) is 5.91. The second-order valence-corrected chi connectivity index (χ2v) is 11.2. The summed E-state index contributed by atoms with van der Waals surface area (Å²) < 4.78 is 30.1. The molecule has 7 nitrogen and oxygen atoms in total. The fraction of sp³-hybridized carbons (Fsp3) is 0.391. The Kier molecular flexibility index (Phi) is 8.13. The molecule has 0 atom stereocenters. The van der Waals surface area contributed by atoms with E-state index in [0.29, 0.717) is 42.5 Å². The molecule has 1 aliphatic heterocycles. The average Bonchev–Trinajstić information content (AvgIpc) is 3.17. The number of morpholine rings is 1. The summed E-state index contributed by atoms with van der Waals surface area (Å²) in [7, 11) is -3.32. The number of rotatable bonds is 6. The van der Waals surface area contributed by atoms with Crippen molar-refractivity contribution >= 4 is 54.8 Å². The molecule has 0 saturated carbocycles. The second-order valence-electron chi connectivity index (χ2n) is 8.13. The maximum Gasteiger partial charge on any atom is 0.260 e. The summed E-state index contributed by atoms with van der Waals surface area (Å²) in [5.41, 5.74) is 3.36. The van der Waals surface area contributed by atoms with Crippen LogP contribution in [-0.4, -0.2) is 69.9 Å². The van der Waals surface area contributed by atoms with Crippen LogP contribution in [0.5, 0.6) is 0 Å². The first-order valence-electron chi connectivity index (χ1n) is 10.5. The number of thiazole rings is 1. The van der Waals surface area contributed by atoms with Crippen molar-refractivity contribution < 1.29 is 17.9 Å². The SMILES string of the molecule is Cc1ccc(C(=O)N(CCN2CCOCC2)c2nc3ccc(S(C)(=O)=O)cc3s2)c(C)c1.Cl. The van der Waals surface area contributed by atoms with E-state index in [-0.39, 0.29) is 23.2 Å². The van der Waals surface area contributed by atoms with E-state index < -0.39 is 9.84 Å². The van der Waals surface area contributed by atoms with E-state index in [1.807, 2.05) is 32.0 Å². The molecule has 2 heterocycles. The van der Waals surface area contributed by atoms with E-state index in [9.17, 15) is 13.2 Å². The monoisotopic (exact) mass is 509 g/mol. The first-order chi connectivity index (χ1) is 15.2. The summed E-state index contributed by atoms with van der Waals surface area (Å²) in [6.45, 7) is 8.21. The zero-order valence-electron chi connectivity index (χ0n) is 18.9. The van der Waals surface area contributed by atoms with E-state index in [2.05, 4.69) is 9.88 Å². The molecule has 0 radical (unpaired) electrons. The van der Waals surface area contributed by atoms with Crippen LogP contribution in [0.4, 0.5) is 5.13 Å². The van der Waals surface area contributed by atoms with E-state index in [4.69, 9.17) is 4.74 Å². The van der Waals surface area contributed by atoms with Crippen LogP contribution in [0.15, 0.2) is 41.3 Å². The zero-order chi connectivity index (χ0) is 22.9. The van der Waals surface area contributed by atoms with Crippen molar-refractivity contribution in [1.29, 1.82) is 0 Å². The summed E-state index contributed by atoms with van der Waals surface area (Å²) in [6.07, 6.45) is 1.19. The average molecular weight is 510 g/mol. The maximum atomic E-state index is 13.6. The lowest BCUT2D eigenvalue weighted by Crippen LogP contribution is -2.43. The van der Waals surface area contributed by atoms with E-state index in [1.54, 1.807) is 23.1 Å². The van der Waals surface area contributed by atoms with Crippen LogP contribution in [-0.2, 0) is 14.6 Å². The summed E-state index contributed by atoms with van der Waals surface area (Å²) in [6, 6.07) is 10.7. The van der Waals surface area contributed by atoms with Gasteiger partial charge in [0.2, 0.25) is 0 Å². The molecular formula is C23H28ClN3O4S2. The quantitative estimate of drug-likeness (QED) is 0.504. The normalized spacial score (nSPS) is 14.8. The Morgan fingerprint density at radius 2 is 1.88 bits per heavy atom. The van der Waals surface area contributed by atoms with Crippen molar-refractivity contribution in [2.45, 2.75) is 18.7 Å². The molecule has 0 N–H and O–H groups in total. The Balaban J connectivity index is 0.00000306. The van der Waals surface area contributed by atoms with Crippen molar-refractivity contribution in [3.63, 3.8) is 0 Å². The van der Waals surface area contributed by atoms with Gasteiger partial charge in [-0.25, -0.2) is 13.4 Å². The molecule has 0 aliphatic carbocycles. The number of aromatic nitrogens is 1. The molecule has 0 spiro atoms. The van der Waals surface area contributed by atoms with Gasteiger partial charge >= 0.3 is 0 Å². The lowest BCUT2D eigenvalue weighted by molar-refractivity contribution is 0.0391. The summed E-state index contributed by atoms with van der Waals surface area (Å²) in [5, 5.41) is 0.573. The number of fused-ring (bicyclic) bond motifs is 1. The summed E-state index contributed by atoms with van der Waals surface area (Å²) in [5.74, 6) is -0.0989. The molecule has 10 heteroatoms. The minimum Gasteiger partial charge on any atom is -0.379 e. The van der Waals surface area contributed by atoms with Crippen molar-refractivity contribution in [3.05, 3.63) is 53.1 Å². The Bertz CT molecular complexity index is 1250.